The monoisotopic (exact) mass is 658 g/mol. The zero-order chi connectivity index (χ0) is 33.0. The van der Waals surface area contributed by atoms with Crippen LogP contribution in [0, 0.1) is 11.8 Å². The zero-order valence-electron chi connectivity index (χ0n) is 26.9. The largest absolute Gasteiger partial charge is 0.444 e. The number of rotatable bonds is 9. The van der Waals surface area contributed by atoms with Crippen LogP contribution in [-0.2, 0) is 28.7 Å². The number of nitrogens with one attached hydrogen (secondary N) is 6. The molecule has 13 nitrogen and oxygen atoms in total. The molecule has 0 saturated carbocycles. The molecule has 0 aromatic carbocycles. The Labute approximate surface area is 268 Å². The van der Waals surface area contributed by atoms with Crippen LogP contribution in [0.4, 0.5) is 4.79 Å². The van der Waals surface area contributed by atoms with Crippen molar-refractivity contribution in [2.75, 3.05) is 18.1 Å². The molecule has 6 atom stereocenters. The number of carbonyl (C=O) groups excluding carboxylic acids is 6. The van der Waals surface area contributed by atoms with E-state index >= 15 is 0 Å². The average molecular weight is 659 g/mol. The lowest BCUT2D eigenvalue weighted by molar-refractivity contribution is -0.135. The minimum absolute atomic E-state index is 0.0368. The lowest BCUT2D eigenvalue weighted by Gasteiger charge is -2.29. The molecule has 2 bridgehead atoms. The lowest BCUT2D eigenvalue weighted by atomic mass is 9.96. The number of hydrogen-bond acceptors (Lipinski definition) is 9. The highest BCUT2D eigenvalue weighted by atomic mass is 33.1. The van der Waals surface area contributed by atoms with Crippen LogP contribution >= 0.6 is 21.6 Å². The fraction of sp³-hybridized carbons (Fsp3) is 0.793. The molecule has 2 aliphatic heterocycles. The predicted molar refractivity (Wildman–Crippen MR) is 172 cm³/mol. The number of ether oxygens (including phenoxy) is 1. The highest BCUT2D eigenvalue weighted by Crippen LogP contribution is 2.25. The number of alkyl carbamates (subject to hydrolysis) is 1. The molecule has 6 N–H and O–H groups in total. The van der Waals surface area contributed by atoms with Crippen molar-refractivity contribution in [2.24, 2.45) is 11.8 Å². The van der Waals surface area contributed by atoms with Gasteiger partial charge in [0.2, 0.25) is 29.5 Å². The van der Waals surface area contributed by atoms with Gasteiger partial charge in [-0.3, -0.25) is 24.0 Å². The van der Waals surface area contributed by atoms with E-state index in [9.17, 15) is 28.8 Å². The Balaban J connectivity index is 2.32. The maximum atomic E-state index is 13.6. The molecule has 0 radical (unpaired) electrons. The second kappa shape index (κ2) is 17.7. The van der Waals surface area contributed by atoms with Gasteiger partial charge in [0.25, 0.3) is 0 Å². The molecule has 0 aromatic rings. The summed E-state index contributed by atoms with van der Waals surface area (Å²) in [5.41, 5.74) is -0.628. The molecule has 250 valence electrons. The summed E-state index contributed by atoms with van der Waals surface area (Å²) in [7, 11) is 2.75. The van der Waals surface area contributed by atoms with Gasteiger partial charge in [0.1, 0.15) is 35.8 Å². The Kier molecular flexibility index (Phi) is 15.1. The van der Waals surface area contributed by atoms with Gasteiger partial charge in [-0.15, -0.1) is 0 Å². The van der Waals surface area contributed by atoms with Gasteiger partial charge < -0.3 is 36.6 Å². The number of unbranched alkanes of at least 4 members (excludes halogenated alkanes) is 1. The molecule has 2 heterocycles. The summed E-state index contributed by atoms with van der Waals surface area (Å²) >= 11 is 0. The van der Waals surface area contributed by atoms with E-state index in [0.29, 0.717) is 32.2 Å². The summed E-state index contributed by atoms with van der Waals surface area (Å²) in [6, 6.07) is -4.73. The maximum absolute atomic E-state index is 13.6. The maximum Gasteiger partial charge on any atom is 0.407 e. The van der Waals surface area contributed by atoms with E-state index in [1.54, 1.807) is 20.8 Å². The molecule has 0 spiro atoms. The average Bonchev–Trinajstić information content (AvgIpc) is 2.91. The van der Waals surface area contributed by atoms with Gasteiger partial charge >= 0.3 is 6.09 Å². The molecule has 0 aliphatic carbocycles. The van der Waals surface area contributed by atoms with Gasteiger partial charge in [-0.2, -0.15) is 0 Å². The molecule has 2 fully saturated rings. The van der Waals surface area contributed by atoms with Gasteiger partial charge in [-0.1, -0.05) is 55.7 Å². The zero-order valence-corrected chi connectivity index (χ0v) is 28.5. The highest BCUT2D eigenvalue weighted by molar-refractivity contribution is 8.76. The van der Waals surface area contributed by atoms with E-state index in [-0.39, 0.29) is 29.8 Å². The second-order valence-electron chi connectivity index (χ2n) is 12.7. The molecule has 6 amide bonds. The number of hydrogen-bond donors (Lipinski definition) is 6. The molecule has 0 unspecified atom stereocenters. The standard InChI is InChI=1S/C29H50N6O7S2/c1-8-17(4)22-27(40)34-21-15-44-43-14-20(33-26(21)39)25(38)31-18(11-9-10-12-30-28(41)42-29(5,6)7)23(36)32-19(13-16(2)3)24(37)35-22/h16-22H,8-15H2,1-7H3,(H,30,41)(H,31,38)(H,32,36)(H,33,39)(H,34,40)(H,35,37)/t17-,18-,19+,20+,21+,22-/m0/s1. The summed E-state index contributed by atoms with van der Waals surface area (Å²) in [5.74, 6) is -2.27. The quantitative estimate of drug-likeness (QED) is 0.158. The summed E-state index contributed by atoms with van der Waals surface area (Å²) in [4.78, 5) is 79.1. The van der Waals surface area contributed by atoms with Crippen molar-refractivity contribution in [3.63, 3.8) is 0 Å². The van der Waals surface area contributed by atoms with Crippen molar-refractivity contribution >= 4 is 57.2 Å². The lowest BCUT2D eigenvalue weighted by Crippen LogP contribution is -2.60. The first-order chi connectivity index (χ1) is 20.6. The third-order valence-corrected chi connectivity index (χ3v) is 9.59. The fourth-order valence-corrected chi connectivity index (χ4v) is 6.91. The molecule has 2 aliphatic rings. The minimum Gasteiger partial charge on any atom is -0.444 e. The van der Waals surface area contributed by atoms with Crippen molar-refractivity contribution in [3.8, 4) is 0 Å². The second-order valence-corrected chi connectivity index (χ2v) is 15.3. The van der Waals surface area contributed by atoms with Gasteiger partial charge in [0.05, 0.1) is 0 Å². The summed E-state index contributed by atoms with van der Waals surface area (Å²) in [5, 5.41) is 16.6. The predicted octanol–water partition coefficient (Wildman–Crippen LogP) is 1.61. The molecule has 2 rings (SSSR count). The van der Waals surface area contributed by atoms with Crippen molar-refractivity contribution in [1.29, 1.82) is 0 Å². The third kappa shape index (κ3) is 12.7. The van der Waals surface area contributed by atoms with E-state index in [4.69, 9.17) is 4.74 Å². The van der Waals surface area contributed by atoms with Gasteiger partial charge in [-0.25, -0.2) is 4.79 Å². The Morgan fingerprint density at radius 3 is 1.93 bits per heavy atom. The van der Waals surface area contributed by atoms with Crippen molar-refractivity contribution in [2.45, 2.75) is 116 Å². The SMILES string of the molecule is CC[C@H](C)[C@@H]1NC(=O)[C@@H](CC(C)C)NC(=O)[C@H](CCCCNC(=O)OC(C)(C)C)NC(=O)[C@H]2CSSC[C@@H](NC1=O)C(=O)N2. The first-order valence-electron chi connectivity index (χ1n) is 15.3. The van der Waals surface area contributed by atoms with Gasteiger partial charge in [0, 0.05) is 18.1 Å². The van der Waals surface area contributed by atoms with Crippen molar-refractivity contribution in [1.82, 2.24) is 31.9 Å². The fourth-order valence-electron chi connectivity index (χ4n) is 4.58. The summed E-state index contributed by atoms with van der Waals surface area (Å²) in [6.07, 6.45) is 1.56. The van der Waals surface area contributed by atoms with Crippen LogP contribution in [0.15, 0.2) is 0 Å². The van der Waals surface area contributed by atoms with E-state index in [2.05, 4.69) is 31.9 Å². The molecule has 44 heavy (non-hydrogen) atoms. The summed E-state index contributed by atoms with van der Waals surface area (Å²) < 4.78 is 5.24. The molecule has 0 aromatic heterocycles. The first-order valence-corrected chi connectivity index (χ1v) is 17.8. The molecule has 15 heteroatoms. The van der Waals surface area contributed by atoms with E-state index in [0.717, 1.165) is 0 Å². The Bertz CT molecular complexity index is 1040. The van der Waals surface area contributed by atoms with Crippen molar-refractivity contribution in [3.05, 3.63) is 0 Å². The normalized spacial score (nSPS) is 26.5. The van der Waals surface area contributed by atoms with Gasteiger partial charge in [0.15, 0.2) is 0 Å². The van der Waals surface area contributed by atoms with E-state index in [1.165, 1.54) is 21.6 Å². The number of fused-ring (bicyclic) bond motifs is 3. The molecular formula is C29H50N6O7S2. The van der Waals surface area contributed by atoms with Crippen molar-refractivity contribution < 1.29 is 33.5 Å². The number of amides is 6. The Morgan fingerprint density at radius 1 is 0.818 bits per heavy atom. The minimum atomic E-state index is -1.00. The van der Waals surface area contributed by atoms with Crippen LogP contribution in [0.3, 0.4) is 0 Å². The van der Waals surface area contributed by atoms with Crippen LogP contribution in [-0.4, -0.2) is 89.5 Å². The highest BCUT2D eigenvalue weighted by Gasteiger charge is 2.36. The van der Waals surface area contributed by atoms with E-state index < -0.39 is 71.4 Å². The Hall–Kier alpha value is -2.68. The smallest absolute Gasteiger partial charge is 0.407 e. The van der Waals surface area contributed by atoms with Gasteiger partial charge in [-0.05, 0) is 58.3 Å². The topological polar surface area (TPSA) is 184 Å². The first kappa shape index (κ1) is 37.5. The summed E-state index contributed by atoms with van der Waals surface area (Å²) in [6.45, 7) is 13.2. The van der Waals surface area contributed by atoms with Crippen LogP contribution < -0.4 is 31.9 Å². The number of carbonyl (C=O) groups is 6. The van der Waals surface area contributed by atoms with Crippen LogP contribution in [0.1, 0.15) is 80.6 Å². The third-order valence-electron chi connectivity index (χ3n) is 7.17. The van der Waals surface area contributed by atoms with Crippen LogP contribution in [0.5, 0.6) is 0 Å². The van der Waals surface area contributed by atoms with E-state index in [1.807, 2.05) is 27.7 Å². The molecular weight excluding hydrogens is 608 g/mol. The van der Waals surface area contributed by atoms with Crippen LogP contribution in [0.2, 0.25) is 0 Å². The van der Waals surface area contributed by atoms with Crippen LogP contribution in [0.25, 0.3) is 0 Å². The Morgan fingerprint density at radius 2 is 1.36 bits per heavy atom. The molecule has 2 saturated heterocycles.